The molecule has 0 saturated heterocycles. The standard InChI is InChI=1S/C20H15ClIN3O3/c1-2-27-18-11-13(10-16(22)19(18)28-8-7-23)9-14(12-24)20(26)25-17-6-4-3-5-15(17)21/h3-6,9-11H,2,8H2,1H3,(H,25,26)/b14-9+. The molecule has 1 amide bonds. The van der Waals surface area contributed by atoms with E-state index in [1.807, 2.05) is 41.7 Å². The molecule has 0 heterocycles. The molecule has 142 valence electrons. The van der Waals surface area contributed by atoms with Gasteiger partial charge < -0.3 is 14.8 Å². The number of amides is 1. The minimum atomic E-state index is -0.576. The Kier molecular flexibility index (Phi) is 8.12. The molecule has 2 rings (SSSR count). The Morgan fingerprint density at radius 2 is 2.04 bits per heavy atom. The minimum absolute atomic E-state index is 0.0936. The molecular weight excluding hydrogens is 493 g/mol. The first-order valence-corrected chi connectivity index (χ1v) is 9.59. The van der Waals surface area contributed by atoms with Gasteiger partial charge in [-0.2, -0.15) is 10.5 Å². The van der Waals surface area contributed by atoms with E-state index in [0.29, 0.717) is 37.9 Å². The van der Waals surface area contributed by atoms with E-state index in [0.717, 1.165) is 0 Å². The molecule has 0 aliphatic carbocycles. The van der Waals surface area contributed by atoms with E-state index in [2.05, 4.69) is 5.32 Å². The second-order valence-electron chi connectivity index (χ2n) is 5.31. The summed E-state index contributed by atoms with van der Waals surface area (Å²) >= 11 is 8.09. The van der Waals surface area contributed by atoms with E-state index in [-0.39, 0.29) is 12.2 Å². The Bertz CT molecular complexity index is 993. The van der Waals surface area contributed by atoms with E-state index < -0.39 is 5.91 Å². The Balaban J connectivity index is 2.35. The van der Waals surface area contributed by atoms with Crippen molar-refractivity contribution in [2.24, 2.45) is 0 Å². The summed E-state index contributed by atoms with van der Waals surface area (Å²) in [4.78, 5) is 12.4. The van der Waals surface area contributed by atoms with Crippen LogP contribution in [0.4, 0.5) is 5.69 Å². The number of ether oxygens (including phenoxy) is 2. The van der Waals surface area contributed by atoms with Crippen LogP contribution in [0, 0.1) is 26.2 Å². The van der Waals surface area contributed by atoms with Crippen LogP contribution in [0.2, 0.25) is 5.02 Å². The molecule has 28 heavy (non-hydrogen) atoms. The van der Waals surface area contributed by atoms with E-state index in [9.17, 15) is 10.1 Å². The Labute approximate surface area is 181 Å². The van der Waals surface area contributed by atoms with Crippen molar-refractivity contribution >= 4 is 51.9 Å². The largest absolute Gasteiger partial charge is 0.490 e. The third kappa shape index (κ3) is 5.62. The molecule has 0 aliphatic rings. The van der Waals surface area contributed by atoms with Gasteiger partial charge in [-0.25, -0.2) is 0 Å². The Morgan fingerprint density at radius 1 is 1.29 bits per heavy atom. The maximum absolute atomic E-state index is 12.4. The summed E-state index contributed by atoms with van der Waals surface area (Å²) < 4.78 is 11.7. The summed E-state index contributed by atoms with van der Waals surface area (Å²) in [5.41, 5.74) is 0.909. The van der Waals surface area contributed by atoms with E-state index in [1.54, 1.807) is 36.4 Å². The van der Waals surface area contributed by atoms with Crippen molar-refractivity contribution in [2.45, 2.75) is 6.92 Å². The summed E-state index contributed by atoms with van der Waals surface area (Å²) in [6.45, 7) is 2.10. The molecule has 0 aromatic heterocycles. The lowest BCUT2D eigenvalue weighted by Crippen LogP contribution is -2.13. The van der Waals surface area contributed by atoms with Crippen molar-refractivity contribution in [3.63, 3.8) is 0 Å². The number of anilines is 1. The average Bonchev–Trinajstić information content (AvgIpc) is 2.67. The number of benzene rings is 2. The van der Waals surface area contributed by atoms with Gasteiger partial charge in [0.05, 0.1) is 20.9 Å². The molecule has 0 aliphatic heterocycles. The molecule has 0 fully saturated rings. The highest BCUT2D eigenvalue weighted by molar-refractivity contribution is 14.1. The van der Waals surface area contributed by atoms with Crippen LogP contribution in [0.15, 0.2) is 42.0 Å². The third-order valence-corrected chi connectivity index (χ3v) is 4.54. The highest BCUT2D eigenvalue weighted by Crippen LogP contribution is 2.35. The smallest absolute Gasteiger partial charge is 0.266 e. The maximum Gasteiger partial charge on any atom is 0.266 e. The van der Waals surface area contributed by atoms with Crippen molar-refractivity contribution in [2.75, 3.05) is 18.5 Å². The predicted octanol–water partition coefficient (Wildman–Crippen LogP) is 4.79. The molecule has 0 unspecified atom stereocenters. The summed E-state index contributed by atoms with van der Waals surface area (Å²) in [6, 6.07) is 14.0. The fraction of sp³-hybridized carbons (Fsp3) is 0.150. The summed E-state index contributed by atoms with van der Waals surface area (Å²) in [5.74, 6) is 0.299. The van der Waals surface area contributed by atoms with Crippen LogP contribution < -0.4 is 14.8 Å². The molecule has 0 bridgehead atoms. The first kappa shape index (κ1) is 21.5. The molecule has 6 nitrogen and oxygen atoms in total. The number of para-hydroxylation sites is 1. The van der Waals surface area contributed by atoms with Crippen molar-refractivity contribution in [3.8, 4) is 23.6 Å². The van der Waals surface area contributed by atoms with Gasteiger partial charge in [0.1, 0.15) is 17.7 Å². The van der Waals surface area contributed by atoms with Crippen LogP contribution in [0.1, 0.15) is 12.5 Å². The van der Waals surface area contributed by atoms with Crippen molar-refractivity contribution in [1.82, 2.24) is 0 Å². The number of halogens is 2. The topological polar surface area (TPSA) is 95.1 Å². The molecule has 8 heteroatoms. The zero-order valence-corrected chi connectivity index (χ0v) is 17.7. The van der Waals surface area contributed by atoms with Crippen LogP contribution in [0.25, 0.3) is 6.08 Å². The van der Waals surface area contributed by atoms with Crippen LogP contribution in [0.3, 0.4) is 0 Å². The van der Waals surface area contributed by atoms with Gasteiger partial charge >= 0.3 is 0 Å². The summed E-state index contributed by atoms with van der Waals surface area (Å²) in [7, 11) is 0. The zero-order chi connectivity index (χ0) is 20.5. The molecule has 2 aromatic rings. The minimum Gasteiger partial charge on any atom is -0.490 e. The Hall–Kier alpha value is -2.75. The van der Waals surface area contributed by atoms with Gasteiger partial charge in [-0.1, -0.05) is 23.7 Å². The lowest BCUT2D eigenvalue weighted by molar-refractivity contribution is -0.112. The molecule has 0 atom stereocenters. The molecule has 2 aromatic carbocycles. The van der Waals surface area contributed by atoms with Crippen LogP contribution >= 0.6 is 34.2 Å². The Morgan fingerprint density at radius 3 is 2.68 bits per heavy atom. The zero-order valence-electron chi connectivity index (χ0n) is 14.8. The van der Waals surface area contributed by atoms with Gasteiger partial charge in [0.2, 0.25) is 0 Å². The number of hydrogen-bond donors (Lipinski definition) is 1. The molecular formula is C20H15ClIN3O3. The number of rotatable bonds is 7. The first-order valence-electron chi connectivity index (χ1n) is 8.13. The number of carbonyl (C=O) groups is 1. The van der Waals surface area contributed by atoms with Crippen LogP contribution in [0.5, 0.6) is 11.5 Å². The number of carbonyl (C=O) groups excluding carboxylic acids is 1. The number of hydrogen-bond acceptors (Lipinski definition) is 5. The lowest BCUT2D eigenvalue weighted by atomic mass is 10.1. The average molecular weight is 508 g/mol. The summed E-state index contributed by atoms with van der Waals surface area (Å²) in [6.07, 6.45) is 1.45. The van der Waals surface area contributed by atoms with Crippen molar-refractivity contribution in [3.05, 3.63) is 56.1 Å². The quantitative estimate of drug-likeness (QED) is 0.330. The monoisotopic (exact) mass is 507 g/mol. The van der Waals surface area contributed by atoms with Gasteiger partial charge in [0.25, 0.3) is 5.91 Å². The SMILES string of the molecule is CCOc1cc(/C=C(\C#N)C(=O)Nc2ccccc2Cl)cc(I)c1OCC#N. The third-order valence-electron chi connectivity index (χ3n) is 3.41. The second-order valence-corrected chi connectivity index (χ2v) is 6.88. The van der Waals surface area contributed by atoms with Crippen LogP contribution in [-0.2, 0) is 4.79 Å². The van der Waals surface area contributed by atoms with E-state index in [1.165, 1.54) is 6.08 Å². The molecule has 1 N–H and O–H groups in total. The fourth-order valence-electron chi connectivity index (χ4n) is 2.25. The highest BCUT2D eigenvalue weighted by Gasteiger charge is 2.15. The predicted molar refractivity (Wildman–Crippen MR) is 115 cm³/mol. The first-order chi connectivity index (χ1) is 13.5. The van der Waals surface area contributed by atoms with Gasteiger partial charge in [0.15, 0.2) is 18.1 Å². The normalized spacial score (nSPS) is 10.5. The molecule has 0 radical (unpaired) electrons. The highest BCUT2D eigenvalue weighted by atomic mass is 127. The van der Waals surface area contributed by atoms with Gasteiger partial charge in [-0.3, -0.25) is 4.79 Å². The number of nitrogens with one attached hydrogen (secondary N) is 1. The van der Waals surface area contributed by atoms with Gasteiger partial charge in [0, 0.05) is 0 Å². The fourth-order valence-corrected chi connectivity index (χ4v) is 3.21. The number of nitriles is 2. The maximum atomic E-state index is 12.4. The van der Waals surface area contributed by atoms with Crippen molar-refractivity contribution < 1.29 is 14.3 Å². The van der Waals surface area contributed by atoms with Crippen molar-refractivity contribution in [1.29, 1.82) is 10.5 Å². The number of nitrogens with zero attached hydrogens (tertiary/aromatic N) is 2. The molecule has 0 saturated carbocycles. The lowest BCUT2D eigenvalue weighted by Gasteiger charge is -2.13. The van der Waals surface area contributed by atoms with E-state index >= 15 is 0 Å². The summed E-state index contributed by atoms with van der Waals surface area (Å²) in [5, 5.41) is 21.1. The van der Waals surface area contributed by atoms with Crippen LogP contribution in [-0.4, -0.2) is 19.1 Å². The molecule has 0 spiro atoms. The van der Waals surface area contributed by atoms with Gasteiger partial charge in [-0.15, -0.1) is 0 Å². The second kappa shape index (κ2) is 10.5. The van der Waals surface area contributed by atoms with Gasteiger partial charge in [-0.05, 0) is 65.4 Å². The van der Waals surface area contributed by atoms with E-state index in [4.69, 9.17) is 26.3 Å².